The highest BCUT2D eigenvalue weighted by molar-refractivity contribution is 5.97. The maximum Gasteiger partial charge on any atom is 0.252 e. The van der Waals surface area contributed by atoms with Gasteiger partial charge in [-0.2, -0.15) is 5.26 Å². The predicted molar refractivity (Wildman–Crippen MR) is 75.5 cm³/mol. The van der Waals surface area contributed by atoms with E-state index in [2.05, 4.69) is 5.32 Å². The fraction of sp³-hybridized carbons (Fsp3) is 0.400. The Morgan fingerprint density at radius 2 is 2.29 bits per heavy atom. The Hall–Kier alpha value is -2.39. The van der Waals surface area contributed by atoms with E-state index in [-0.39, 0.29) is 24.3 Å². The van der Waals surface area contributed by atoms with Crippen LogP contribution in [0.4, 0.5) is 0 Å². The molecule has 21 heavy (non-hydrogen) atoms. The van der Waals surface area contributed by atoms with Crippen molar-refractivity contribution < 1.29 is 14.3 Å². The van der Waals surface area contributed by atoms with Crippen LogP contribution in [-0.2, 0) is 9.53 Å². The summed E-state index contributed by atoms with van der Waals surface area (Å²) in [5.74, 6) is -0.315. The molecule has 0 bridgehead atoms. The number of rotatable bonds is 5. The second kappa shape index (κ2) is 6.86. The number of carbonyl (C=O) groups is 2. The molecule has 0 unspecified atom stereocenters. The van der Waals surface area contributed by atoms with Gasteiger partial charge in [-0.3, -0.25) is 9.59 Å². The van der Waals surface area contributed by atoms with Crippen molar-refractivity contribution in [1.29, 1.82) is 5.26 Å². The zero-order valence-electron chi connectivity index (χ0n) is 11.8. The molecule has 0 radical (unpaired) electrons. The van der Waals surface area contributed by atoms with Gasteiger partial charge in [-0.25, -0.2) is 0 Å². The van der Waals surface area contributed by atoms with Crippen LogP contribution in [0.15, 0.2) is 24.3 Å². The van der Waals surface area contributed by atoms with E-state index in [9.17, 15) is 9.59 Å². The molecule has 0 spiro atoms. The SMILES string of the molecule is COCCN1C[C@@H](NC(=O)c2ccccc2C#N)CC1=O. The van der Waals surface area contributed by atoms with E-state index in [0.717, 1.165) is 0 Å². The Labute approximate surface area is 123 Å². The maximum atomic E-state index is 12.2. The second-order valence-electron chi connectivity index (χ2n) is 4.86. The lowest BCUT2D eigenvalue weighted by Crippen LogP contribution is -2.38. The third kappa shape index (κ3) is 3.58. The van der Waals surface area contributed by atoms with E-state index in [0.29, 0.717) is 30.8 Å². The Bertz CT molecular complexity index is 580. The Morgan fingerprint density at radius 3 is 3.00 bits per heavy atom. The predicted octanol–water partition coefficient (Wildman–Crippen LogP) is 0.535. The first-order chi connectivity index (χ1) is 10.2. The Balaban J connectivity index is 1.98. The smallest absolute Gasteiger partial charge is 0.252 e. The Morgan fingerprint density at radius 1 is 1.52 bits per heavy atom. The standard InChI is InChI=1S/C15H17N3O3/c1-21-7-6-18-10-12(8-14(18)19)17-15(20)13-5-3-2-4-11(13)9-16/h2-5,12H,6-8,10H2,1H3,(H,17,20)/t12-/m0/s1. The van der Waals surface area contributed by atoms with Gasteiger partial charge in [-0.05, 0) is 12.1 Å². The summed E-state index contributed by atoms with van der Waals surface area (Å²) in [6, 6.07) is 8.38. The minimum absolute atomic E-state index is 0.00548. The zero-order chi connectivity index (χ0) is 15.2. The molecular weight excluding hydrogens is 270 g/mol. The van der Waals surface area contributed by atoms with Crippen LogP contribution in [0, 0.1) is 11.3 Å². The summed E-state index contributed by atoms with van der Waals surface area (Å²) in [5, 5.41) is 11.8. The fourth-order valence-electron chi connectivity index (χ4n) is 2.33. The van der Waals surface area contributed by atoms with E-state index in [4.69, 9.17) is 10.00 Å². The van der Waals surface area contributed by atoms with Crippen LogP contribution in [-0.4, -0.2) is 49.6 Å². The first-order valence-electron chi connectivity index (χ1n) is 6.72. The molecule has 0 aromatic heterocycles. The van der Waals surface area contributed by atoms with Gasteiger partial charge in [0.1, 0.15) is 0 Å². The lowest BCUT2D eigenvalue weighted by molar-refractivity contribution is -0.128. The van der Waals surface area contributed by atoms with Gasteiger partial charge in [0.05, 0.1) is 29.8 Å². The van der Waals surface area contributed by atoms with Crippen LogP contribution in [0.2, 0.25) is 0 Å². The van der Waals surface area contributed by atoms with E-state index < -0.39 is 0 Å². The number of carbonyl (C=O) groups excluding carboxylic acids is 2. The normalized spacial score (nSPS) is 17.6. The van der Waals surface area contributed by atoms with E-state index in [1.807, 2.05) is 6.07 Å². The molecule has 6 heteroatoms. The van der Waals surface area contributed by atoms with Crippen LogP contribution in [0.5, 0.6) is 0 Å². The highest BCUT2D eigenvalue weighted by Crippen LogP contribution is 2.13. The molecule has 1 saturated heterocycles. The lowest BCUT2D eigenvalue weighted by atomic mass is 10.1. The highest BCUT2D eigenvalue weighted by atomic mass is 16.5. The average molecular weight is 287 g/mol. The number of methoxy groups -OCH3 is 1. The van der Waals surface area contributed by atoms with Gasteiger partial charge in [0.15, 0.2) is 0 Å². The largest absolute Gasteiger partial charge is 0.383 e. The molecule has 1 aromatic carbocycles. The number of ether oxygens (including phenoxy) is 1. The van der Waals surface area contributed by atoms with Gasteiger partial charge in [0, 0.05) is 26.6 Å². The van der Waals surface area contributed by atoms with E-state index in [1.165, 1.54) is 0 Å². The summed E-state index contributed by atoms with van der Waals surface area (Å²) in [7, 11) is 1.58. The molecule has 2 amide bonds. The van der Waals surface area contributed by atoms with E-state index >= 15 is 0 Å². The third-order valence-electron chi connectivity index (χ3n) is 3.41. The van der Waals surface area contributed by atoms with E-state index in [1.54, 1.807) is 36.3 Å². The molecule has 110 valence electrons. The number of likely N-dealkylation sites (tertiary alicyclic amines) is 1. The summed E-state index contributed by atoms with van der Waals surface area (Å²) in [6.45, 7) is 1.48. The Kier molecular flexibility index (Phi) is 4.90. The molecule has 1 aromatic rings. The van der Waals surface area contributed by atoms with Gasteiger partial charge < -0.3 is 15.0 Å². The second-order valence-corrected chi connectivity index (χ2v) is 4.86. The minimum atomic E-state index is -0.321. The number of hydrogen-bond acceptors (Lipinski definition) is 4. The van der Waals surface area contributed by atoms with Crippen molar-refractivity contribution in [1.82, 2.24) is 10.2 Å². The molecule has 1 aliphatic heterocycles. The summed E-state index contributed by atoms with van der Waals surface area (Å²) >= 11 is 0. The molecule has 0 saturated carbocycles. The van der Waals surface area contributed by atoms with Crippen molar-refractivity contribution >= 4 is 11.8 Å². The van der Waals surface area contributed by atoms with Crippen LogP contribution in [0.3, 0.4) is 0 Å². The number of amides is 2. The van der Waals surface area contributed by atoms with Crippen LogP contribution in [0.25, 0.3) is 0 Å². The first kappa shape index (κ1) is 15.0. The molecule has 1 aliphatic rings. The van der Waals surface area contributed by atoms with Crippen LogP contribution in [0.1, 0.15) is 22.3 Å². The van der Waals surface area contributed by atoms with Gasteiger partial charge in [-0.15, -0.1) is 0 Å². The summed E-state index contributed by atoms with van der Waals surface area (Å²) in [5.41, 5.74) is 0.665. The molecule has 1 N–H and O–H groups in total. The fourth-order valence-corrected chi connectivity index (χ4v) is 2.33. The van der Waals surface area contributed by atoms with Crippen LogP contribution < -0.4 is 5.32 Å². The van der Waals surface area contributed by atoms with Gasteiger partial charge in [0.25, 0.3) is 5.91 Å². The van der Waals surface area contributed by atoms with Gasteiger partial charge >= 0.3 is 0 Å². The number of nitrogens with one attached hydrogen (secondary N) is 1. The zero-order valence-corrected chi connectivity index (χ0v) is 11.8. The van der Waals surface area contributed by atoms with Crippen molar-refractivity contribution in [3.8, 4) is 6.07 Å². The highest BCUT2D eigenvalue weighted by Gasteiger charge is 2.30. The van der Waals surface area contributed by atoms with Crippen LogP contribution >= 0.6 is 0 Å². The molecule has 6 nitrogen and oxygen atoms in total. The summed E-state index contributed by atoms with van der Waals surface area (Å²) in [4.78, 5) is 25.7. The first-order valence-corrected chi connectivity index (χ1v) is 6.72. The van der Waals surface area contributed by atoms with Crippen molar-refractivity contribution in [2.75, 3.05) is 26.8 Å². The number of nitrogens with zero attached hydrogens (tertiary/aromatic N) is 2. The van der Waals surface area contributed by atoms with Crippen molar-refractivity contribution in [3.63, 3.8) is 0 Å². The minimum Gasteiger partial charge on any atom is -0.383 e. The van der Waals surface area contributed by atoms with Gasteiger partial charge in [-0.1, -0.05) is 12.1 Å². The molecular formula is C15H17N3O3. The summed E-state index contributed by atoms with van der Waals surface area (Å²) < 4.78 is 4.95. The average Bonchev–Trinajstić information content (AvgIpc) is 2.84. The summed E-state index contributed by atoms with van der Waals surface area (Å²) in [6.07, 6.45) is 0.282. The monoisotopic (exact) mass is 287 g/mol. The molecule has 1 fully saturated rings. The lowest BCUT2D eigenvalue weighted by Gasteiger charge is -2.16. The topological polar surface area (TPSA) is 82.4 Å². The van der Waals surface area contributed by atoms with Crippen molar-refractivity contribution in [3.05, 3.63) is 35.4 Å². The molecule has 2 rings (SSSR count). The number of hydrogen-bond donors (Lipinski definition) is 1. The maximum absolute atomic E-state index is 12.2. The number of benzene rings is 1. The number of nitriles is 1. The third-order valence-corrected chi connectivity index (χ3v) is 3.41. The molecule has 1 heterocycles. The molecule has 1 atom stereocenters. The molecule has 0 aliphatic carbocycles. The van der Waals surface area contributed by atoms with Gasteiger partial charge in [0.2, 0.25) is 5.91 Å². The quantitative estimate of drug-likeness (QED) is 0.856. The van der Waals surface area contributed by atoms with Crippen molar-refractivity contribution in [2.45, 2.75) is 12.5 Å². The van der Waals surface area contributed by atoms with Crippen molar-refractivity contribution in [2.24, 2.45) is 0 Å².